The van der Waals surface area contributed by atoms with E-state index in [1.54, 1.807) is 7.11 Å². The van der Waals surface area contributed by atoms with Crippen LogP contribution in [0.5, 0.6) is 5.75 Å². The lowest BCUT2D eigenvalue weighted by Gasteiger charge is -2.20. The van der Waals surface area contributed by atoms with Crippen molar-refractivity contribution in [1.29, 1.82) is 0 Å². The molecule has 3 atom stereocenters. The van der Waals surface area contributed by atoms with Crippen LogP contribution in [0.4, 0.5) is 0 Å². The SMILES string of the molecule is COc1ccc(C(CNC(=O)[C@@H]2CC[C@H](CN)O2)c2c[nH]c3ccccc23)cc1.Cl. The molecule has 7 heteroatoms. The highest BCUT2D eigenvalue weighted by molar-refractivity contribution is 5.85. The number of aromatic nitrogens is 1. The highest BCUT2D eigenvalue weighted by atomic mass is 35.5. The quantitative estimate of drug-likeness (QED) is 0.537. The van der Waals surface area contributed by atoms with Gasteiger partial charge in [-0.3, -0.25) is 4.79 Å². The summed E-state index contributed by atoms with van der Waals surface area (Å²) in [5.41, 5.74) is 9.01. The summed E-state index contributed by atoms with van der Waals surface area (Å²) >= 11 is 0. The zero-order valence-electron chi connectivity index (χ0n) is 17.0. The third kappa shape index (κ3) is 4.61. The van der Waals surface area contributed by atoms with Crippen molar-refractivity contribution in [3.05, 3.63) is 65.9 Å². The van der Waals surface area contributed by atoms with Gasteiger partial charge in [0.2, 0.25) is 5.91 Å². The lowest BCUT2D eigenvalue weighted by atomic mass is 9.90. The Morgan fingerprint density at radius 2 is 2.00 bits per heavy atom. The molecule has 1 amide bonds. The minimum atomic E-state index is -0.414. The monoisotopic (exact) mass is 429 g/mol. The van der Waals surface area contributed by atoms with E-state index in [1.165, 1.54) is 0 Å². The van der Waals surface area contributed by atoms with Gasteiger partial charge in [0.05, 0.1) is 13.2 Å². The molecule has 1 aliphatic heterocycles. The maximum Gasteiger partial charge on any atom is 0.249 e. The maximum atomic E-state index is 12.7. The number of benzene rings is 2. The van der Waals surface area contributed by atoms with Gasteiger partial charge in [-0.1, -0.05) is 30.3 Å². The predicted molar refractivity (Wildman–Crippen MR) is 120 cm³/mol. The summed E-state index contributed by atoms with van der Waals surface area (Å²) in [4.78, 5) is 16.0. The van der Waals surface area contributed by atoms with Crippen molar-refractivity contribution in [2.24, 2.45) is 5.73 Å². The van der Waals surface area contributed by atoms with Crippen LogP contribution >= 0.6 is 12.4 Å². The van der Waals surface area contributed by atoms with Crippen molar-refractivity contribution in [1.82, 2.24) is 10.3 Å². The van der Waals surface area contributed by atoms with Gasteiger partial charge in [0, 0.05) is 36.1 Å². The minimum absolute atomic E-state index is 0. The molecule has 0 aliphatic carbocycles. The summed E-state index contributed by atoms with van der Waals surface area (Å²) in [5, 5.41) is 4.25. The molecule has 2 aromatic carbocycles. The van der Waals surface area contributed by atoms with E-state index in [0.717, 1.165) is 34.2 Å². The summed E-state index contributed by atoms with van der Waals surface area (Å²) in [6.45, 7) is 0.938. The number of H-pyrrole nitrogens is 1. The molecule has 4 N–H and O–H groups in total. The second kappa shape index (κ2) is 9.98. The van der Waals surface area contributed by atoms with Crippen molar-refractivity contribution < 1.29 is 14.3 Å². The molecule has 2 heterocycles. The van der Waals surface area contributed by atoms with Crippen LogP contribution in [0.25, 0.3) is 10.9 Å². The summed E-state index contributed by atoms with van der Waals surface area (Å²) in [6.07, 6.45) is 3.15. The normalized spacial score (nSPS) is 19.3. The predicted octanol–water partition coefficient (Wildman–Crippen LogP) is 3.35. The Morgan fingerprint density at radius 3 is 2.70 bits per heavy atom. The van der Waals surface area contributed by atoms with Crippen molar-refractivity contribution in [3.63, 3.8) is 0 Å². The Labute approximate surface area is 182 Å². The molecule has 160 valence electrons. The first-order valence-corrected chi connectivity index (χ1v) is 10.0. The van der Waals surface area contributed by atoms with E-state index < -0.39 is 6.10 Å². The molecule has 1 unspecified atom stereocenters. The van der Waals surface area contributed by atoms with Gasteiger partial charge in [0.1, 0.15) is 11.9 Å². The van der Waals surface area contributed by atoms with Crippen molar-refractivity contribution in [2.75, 3.05) is 20.2 Å². The molecule has 3 aromatic rings. The van der Waals surface area contributed by atoms with Crippen LogP contribution in [0, 0.1) is 0 Å². The summed E-state index contributed by atoms with van der Waals surface area (Å²) in [5.74, 6) is 0.745. The number of carbonyl (C=O) groups excluding carboxylic acids is 1. The molecule has 0 bridgehead atoms. The van der Waals surface area contributed by atoms with Gasteiger partial charge < -0.3 is 25.5 Å². The number of hydrogen-bond donors (Lipinski definition) is 3. The number of aromatic amines is 1. The lowest BCUT2D eigenvalue weighted by Crippen LogP contribution is -2.37. The zero-order valence-corrected chi connectivity index (χ0v) is 17.8. The first kappa shape index (κ1) is 22.2. The van der Waals surface area contributed by atoms with Crippen molar-refractivity contribution >= 4 is 29.2 Å². The van der Waals surface area contributed by atoms with E-state index in [2.05, 4.69) is 22.4 Å². The highest BCUT2D eigenvalue weighted by Gasteiger charge is 2.30. The van der Waals surface area contributed by atoms with E-state index in [1.807, 2.05) is 42.6 Å². The molecule has 1 aliphatic rings. The van der Waals surface area contributed by atoms with Crippen LogP contribution < -0.4 is 15.8 Å². The Kier molecular flexibility index (Phi) is 7.37. The molecular weight excluding hydrogens is 402 g/mol. The third-order valence-corrected chi connectivity index (χ3v) is 5.66. The molecule has 0 saturated carbocycles. The van der Waals surface area contributed by atoms with Crippen LogP contribution in [0.1, 0.15) is 29.9 Å². The number of para-hydroxylation sites is 1. The molecule has 6 nitrogen and oxygen atoms in total. The summed E-state index contributed by atoms with van der Waals surface area (Å²) in [6, 6.07) is 16.2. The Morgan fingerprint density at radius 1 is 1.23 bits per heavy atom. The summed E-state index contributed by atoms with van der Waals surface area (Å²) < 4.78 is 11.0. The molecule has 1 fully saturated rings. The fourth-order valence-electron chi connectivity index (χ4n) is 4.01. The van der Waals surface area contributed by atoms with Gasteiger partial charge in [0.15, 0.2) is 0 Å². The second-order valence-electron chi connectivity index (χ2n) is 7.42. The van der Waals surface area contributed by atoms with Crippen LogP contribution in [0.2, 0.25) is 0 Å². The number of ether oxygens (including phenoxy) is 2. The number of amides is 1. The number of carbonyl (C=O) groups is 1. The summed E-state index contributed by atoms with van der Waals surface area (Å²) in [7, 11) is 1.66. The molecule has 4 rings (SSSR count). The van der Waals surface area contributed by atoms with Gasteiger partial charge in [-0.25, -0.2) is 0 Å². The van der Waals surface area contributed by atoms with Gasteiger partial charge in [0.25, 0.3) is 0 Å². The standard InChI is InChI=1S/C23H27N3O3.ClH/c1-28-16-8-6-15(7-9-16)19(20-14-25-21-5-3-2-4-18(20)21)13-26-23(27)22-11-10-17(12-24)29-22;/h2-9,14,17,19,22,25H,10-13,24H2,1H3,(H,26,27);1H/t17-,19?,22+;/m1./s1. The molecule has 30 heavy (non-hydrogen) atoms. The van der Waals surface area contributed by atoms with Crippen LogP contribution in [0.15, 0.2) is 54.7 Å². The number of nitrogens with two attached hydrogens (primary N) is 1. The van der Waals surface area contributed by atoms with Gasteiger partial charge in [-0.15, -0.1) is 12.4 Å². The van der Waals surface area contributed by atoms with Crippen molar-refractivity contribution in [3.8, 4) is 5.75 Å². The Bertz CT molecular complexity index is 973. The first-order chi connectivity index (χ1) is 14.2. The average Bonchev–Trinajstić information content (AvgIpc) is 3.42. The second-order valence-corrected chi connectivity index (χ2v) is 7.42. The number of fused-ring (bicyclic) bond motifs is 1. The third-order valence-electron chi connectivity index (χ3n) is 5.66. The van der Waals surface area contributed by atoms with E-state index in [-0.39, 0.29) is 30.3 Å². The largest absolute Gasteiger partial charge is 0.497 e. The van der Waals surface area contributed by atoms with E-state index >= 15 is 0 Å². The Hall–Kier alpha value is -2.54. The zero-order chi connectivity index (χ0) is 20.2. The molecule has 1 aromatic heterocycles. The fraction of sp³-hybridized carbons (Fsp3) is 0.348. The topological polar surface area (TPSA) is 89.4 Å². The van der Waals surface area contributed by atoms with Gasteiger partial charge >= 0.3 is 0 Å². The highest BCUT2D eigenvalue weighted by Crippen LogP contribution is 2.31. The lowest BCUT2D eigenvalue weighted by molar-refractivity contribution is -0.131. The van der Waals surface area contributed by atoms with Crippen LogP contribution in [-0.2, 0) is 9.53 Å². The number of nitrogens with one attached hydrogen (secondary N) is 2. The number of rotatable bonds is 7. The van der Waals surface area contributed by atoms with E-state index in [4.69, 9.17) is 15.2 Å². The van der Waals surface area contributed by atoms with Gasteiger partial charge in [-0.2, -0.15) is 0 Å². The number of halogens is 1. The number of methoxy groups -OCH3 is 1. The van der Waals surface area contributed by atoms with Gasteiger partial charge in [-0.05, 0) is 42.2 Å². The molecule has 0 spiro atoms. The maximum absolute atomic E-state index is 12.7. The van der Waals surface area contributed by atoms with Crippen molar-refractivity contribution in [2.45, 2.75) is 31.0 Å². The first-order valence-electron chi connectivity index (χ1n) is 10.0. The van der Waals surface area contributed by atoms with Crippen LogP contribution in [-0.4, -0.2) is 43.3 Å². The molecule has 1 saturated heterocycles. The molecule has 0 radical (unpaired) electrons. The smallest absolute Gasteiger partial charge is 0.249 e. The minimum Gasteiger partial charge on any atom is -0.497 e. The number of hydrogen-bond acceptors (Lipinski definition) is 4. The fourth-order valence-corrected chi connectivity index (χ4v) is 4.01. The molecular formula is C23H28ClN3O3. The van der Waals surface area contributed by atoms with E-state index in [9.17, 15) is 4.79 Å². The Balaban J connectivity index is 0.00000256. The van der Waals surface area contributed by atoms with E-state index in [0.29, 0.717) is 19.5 Å². The van der Waals surface area contributed by atoms with Crippen LogP contribution in [0.3, 0.4) is 0 Å². The average molecular weight is 430 g/mol.